The summed E-state index contributed by atoms with van der Waals surface area (Å²) in [4.78, 5) is 17.1. The van der Waals surface area contributed by atoms with Gasteiger partial charge in [-0.25, -0.2) is 0 Å². The molecule has 2 saturated heterocycles. The molecule has 2 aliphatic heterocycles. The Morgan fingerprint density at radius 3 is 2.65 bits per heavy atom. The van der Waals surface area contributed by atoms with E-state index in [4.69, 9.17) is 0 Å². The summed E-state index contributed by atoms with van der Waals surface area (Å²) in [6.07, 6.45) is 3.30. The predicted molar refractivity (Wildman–Crippen MR) is 83.4 cm³/mol. The monoisotopic (exact) mass is 292 g/mol. The fourth-order valence-corrected chi connectivity index (χ4v) is 4.81. The number of fused-ring (bicyclic) bond motifs is 1. The Balaban J connectivity index is 1.74. The number of carbonyl (C=O) groups excluding carboxylic acids is 1. The van der Waals surface area contributed by atoms with E-state index in [2.05, 4.69) is 30.1 Å². The van der Waals surface area contributed by atoms with Crippen LogP contribution in [0, 0.1) is 11.8 Å². The molecule has 3 nitrogen and oxygen atoms in total. The SMILES string of the molecule is CCCc1sc(C(=O)N2C[C@H]3CNC[C@H]3C2)cc1CC. The molecule has 0 aliphatic carbocycles. The van der Waals surface area contributed by atoms with E-state index in [-0.39, 0.29) is 5.91 Å². The van der Waals surface area contributed by atoms with Crippen molar-refractivity contribution in [3.63, 3.8) is 0 Å². The van der Waals surface area contributed by atoms with E-state index in [0.717, 1.165) is 50.3 Å². The van der Waals surface area contributed by atoms with Gasteiger partial charge in [-0.1, -0.05) is 20.3 Å². The Labute approximate surface area is 125 Å². The minimum atomic E-state index is 0.265. The van der Waals surface area contributed by atoms with Crippen LogP contribution < -0.4 is 5.32 Å². The first-order valence-corrected chi connectivity index (χ1v) is 8.66. The van der Waals surface area contributed by atoms with Crippen LogP contribution in [0.5, 0.6) is 0 Å². The zero-order chi connectivity index (χ0) is 14.1. The van der Waals surface area contributed by atoms with Crippen LogP contribution in [0.2, 0.25) is 0 Å². The van der Waals surface area contributed by atoms with Crippen molar-refractivity contribution in [1.82, 2.24) is 10.2 Å². The van der Waals surface area contributed by atoms with Gasteiger partial charge < -0.3 is 10.2 Å². The van der Waals surface area contributed by atoms with Crippen LogP contribution in [0.1, 0.15) is 40.4 Å². The number of nitrogens with zero attached hydrogens (tertiary/aromatic N) is 1. The molecular weight excluding hydrogens is 268 g/mol. The third kappa shape index (κ3) is 2.51. The third-order valence-corrected chi connectivity index (χ3v) is 5.87. The minimum absolute atomic E-state index is 0.265. The summed E-state index contributed by atoms with van der Waals surface area (Å²) in [5.74, 6) is 1.63. The van der Waals surface area contributed by atoms with Crippen LogP contribution >= 0.6 is 11.3 Å². The van der Waals surface area contributed by atoms with Crippen molar-refractivity contribution in [3.8, 4) is 0 Å². The van der Waals surface area contributed by atoms with Crippen LogP contribution in [0.3, 0.4) is 0 Å². The van der Waals surface area contributed by atoms with E-state index in [0.29, 0.717) is 11.8 Å². The maximum atomic E-state index is 12.7. The number of hydrogen-bond donors (Lipinski definition) is 1. The minimum Gasteiger partial charge on any atom is -0.337 e. The van der Waals surface area contributed by atoms with Crippen LogP contribution in [0.25, 0.3) is 0 Å². The molecule has 1 aromatic heterocycles. The molecular formula is C16H24N2OS. The predicted octanol–water partition coefficient (Wildman–Crippen LogP) is 2.55. The van der Waals surface area contributed by atoms with Gasteiger partial charge >= 0.3 is 0 Å². The van der Waals surface area contributed by atoms with Crippen LogP contribution in [0.4, 0.5) is 0 Å². The van der Waals surface area contributed by atoms with Gasteiger partial charge in [0.1, 0.15) is 0 Å². The highest BCUT2D eigenvalue weighted by atomic mass is 32.1. The second kappa shape index (κ2) is 5.86. The molecule has 4 heteroatoms. The lowest BCUT2D eigenvalue weighted by atomic mass is 10.0. The first-order chi connectivity index (χ1) is 9.72. The fraction of sp³-hybridized carbons (Fsp3) is 0.688. The maximum absolute atomic E-state index is 12.7. The van der Waals surface area contributed by atoms with Crippen LogP contribution in [0.15, 0.2) is 6.07 Å². The molecule has 0 aromatic carbocycles. The number of amides is 1. The zero-order valence-electron chi connectivity index (χ0n) is 12.4. The summed E-state index contributed by atoms with van der Waals surface area (Å²) >= 11 is 1.72. The number of hydrogen-bond acceptors (Lipinski definition) is 3. The van der Waals surface area contributed by atoms with Crippen molar-refractivity contribution >= 4 is 17.2 Å². The number of carbonyl (C=O) groups is 1. The molecule has 2 aliphatic rings. The second-order valence-corrected chi connectivity index (χ2v) is 7.19. The highest BCUT2D eigenvalue weighted by Crippen LogP contribution is 2.30. The molecule has 3 heterocycles. The molecule has 0 radical (unpaired) electrons. The van der Waals surface area contributed by atoms with Gasteiger partial charge in [-0.05, 0) is 36.3 Å². The average Bonchev–Trinajstić information content (AvgIpc) is 3.11. The van der Waals surface area contributed by atoms with Crippen LogP contribution in [-0.4, -0.2) is 37.0 Å². The molecule has 0 bridgehead atoms. The highest BCUT2D eigenvalue weighted by molar-refractivity contribution is 7.14. The number of aryl methyl sites for hydroxylation is 2. The molecule has 0 saturated carbocycles. The van der Waals surface area contributed by atoms with Gasteiger partial charge in [0.2, 0.25) is 0 Å². The van der Waals surface area contributed by atoms with Crippen molar-refractivity contribution in [1.29, 1.82) is 0 Å². The van der Waals surface area contributed by atoms with Crippen molar-refractivity contribution in [2.45, 2.75) is 33.1 Å². The van der Waals surface area contributed by atoms with Gasteiger partial charge in [0.05, 0.1) is 4.88 Å². The van der Waals surface area contributed by atoms with Crippen molar-refractivity contribution < 1.29 is 4.79 Å². The smallest absolute Gasteiger partial charge is 0.263 e. The van der Waals surface area contributed by atoms with Crippen molar-refractivity contribution in [2.75, 3.05) is 26.2 Å². The lowest BCUT2D eigenvalue weighted by Gasteiger charge is -2.16. The Hall–Kier alpha value is -0.870. The average molecular weight is 292 g/mol. The van der Waals surface area contributed by atoms with Gasteiger partial charge in [-0.15, -0.1) is 11.3 Å². The quantitative estimate of drug-likeness (QED) is 0.925. The van der Waals surface area contributed by atoms with E-state index in [9.17, 15) is 4.79 Å². The summed E-state index contributed by atoms with van der Waals surface area (Å²) < 4.78 is 0. The normalized spacial score (nSPS) is 25.2. The molecule has 1 amide bonds. The highest BCUT2D eigenvalue weighted by Gasteiger charge is 2.38. The molecule has 3 rings (SSSR count). The largest absolute Gasteiger partial charge is 0.337 e. The lowest BCUT2D eigenvalue weighted by Crippen LogP contribution is -2.31. The fourth-order valence-electron chi connectivity index (χ4n) is 3.49. The molecule has 2 fully saturated rings. The first-order valence-electron chi connectivity index (χ1n) is 7.84. The Morgan fingerprint density at radius 2 is 2.05 bits per heavy atom. The summed E-state index contributed by atoms with van der Waals surface area (Å²) in [6.45, 7) is 8.44. The molecule has 20 heavy (non-hydrogen) atoms. The molecule has 2 atom stereocenters. The summed E-state index contributed by atoms with van der Waals surface area (Å²) in [6, 6.07) is 2.14. The summed E-state index contributed by atoms with van der Waals surface area (Å²) in [5.41, 5.74) is 1.38. The maximum Gasteiger partial charge on any atom is 0.263 e. The molecule has 1 N–H and O–H groups in total. The molecule has 0 unspecified atom stereocenters. The Bertz CT molecular complexity index is 485. The Morgan fingerprint density at radius 1 is 1.35 bits per heavy atom. The van der Waals surface area contributed by atoms with E-state index < -0.39 is 0 Å². The molecule has 1 aromatic rings. The van der Waals surface area contributed by atoms with Gasteiger partial charge in [0.15, 0.2) is 0 Å². The second-order valence-electron chi connectivity index (χ2n) is 6.05. The third-order valence-electron chi connectivity index (χ3n) is 4.64. The number of thiophene rings is 1. The van der Waals surface area contributed by atoms with Gasteiger partial charge in [-0.2, -0.15) is 0 Å². The van der Waals surface area contributed by atoms with Gasteiger partial charge in [0, 0.05) is 31.1 Å². The zero-order valence-corrected chi connectivity index (χ0v) is 13.3. The van der Waals surface area contributed by atoms with Crippen LogP contribution in [-0.2, 0) is 12.8 Å². The van der Waals surface area contributed by atoms with Crippen molar-refractivity contribution in [2.24, 2.45) is 11.8 Å². The number of rotatable bonds is 4. The number of nitrogens with one attached hydrogen (secondary N) is 1. The number of likely N-dealkylation sites (tertiary alicyclic amines) is 1. The molecule has 110 valence electrons. The van der Waals surface area contributed by atoms with Gasteiger partial charge in [-0.3, -0.25) is 4.79 Å². The Kier molecular flexibility index (Phi) is 4.13. The lowest BCUT2D eigenvalue weighted by molar-refractivity contribution is 0.0786. The van der Waals surface area contributed by atoms with Gasteiger partial charge in [0.25, 0.3) is 5.91 Å². The first kappa shape index (κ1) is 14.1. The summed E-state index contributed by atoms with van der Waals surface area (Å²) in [5, 5.41) is 3.43. The van der Waals surface area contributed by atoms with E-state index >= 15 is 0 Å². The molecule has 0 spiro atoms. The van der Waals surface area contributed by atoms with E-state index in [1.54, 1.807) is 11.3 Å². The van der Waals surface area contributed by atoms with E-state index in [1.165, 1.54) is 10.4 Å². The topological polar surface area (TPSA) is 32.3 Å². The van der Waals surface area contributed by atoms with Crippen molar-refractivity contribution in [3.05, 3.63) is 21.4 Å². The standard InChI is InChI=1S/C16H24N2OS/c1-3-5-14-11(4-2)6-15(20-14)16(19)18-9-12-7-17-8-13(12)10-18/h6,12-13,17H,3-5,7-10H2,1-2H3/t12-,13+. The van der Waals surface area contributed by atoms with E-state index in [1.807, 2.05) is 0 Å². The summed E-state index contributed by atoms with van der Waals surface area (Å²) in [7, 11) is 0.